The number of nitrogens with two attached hydrogens (primary N) is 1. The predicted octanol–water partition coefficient (Wildman–Crippen LogP) is 3.28. The fraction of sp³-hybridized carbons (Fsp3) is 0.0769. The van der Waals surface area contributed by atoms with Crippen LogP contribution in [0.1, 0.15) is 5.56 Å². The molecule has 0 aliphatic rings. The number of hydrogen-bond donors (Lipinski definition) is 2. The van der Waals surface area contributed by atoms with E-state index in [4.69, 9.17) is 5.73 Å². The van der Waals surface area contributed by atoms with E-state index in [-0.39, 0.29) is 16.3 Å². The highest BCUT2D eigenvalue weighted by molar-refractivity contribution is 9.10. The SMILES string of the molecule is Cc1ccc(S(=O)(=O)Nc2ccc(Br)cc2F)c(N)c1. The lowest BCUT2D eigenvalue weighted by Crippen LogP contribution is -2.15. The van der Waals surface area contributed by atoms with Crippen LogP contribution < -0.4 is 10.5 Å². The van der Waals surface area contributed by atoms with E-state index >= 15 is 0 Å². The molecule has 0 aromatic heterocycles. The first-order chi connectivity index (χ1) is 9.29. The summed E-state index contributed by atoms with van der Waals surface area (Å²) < 4.78 is 40.8. The molecule has 3 N–H and O–H groups in total. The van der Waals surface area contributed by atoms with E-state index < -0.39 is 15.8 Å². The first-order valence-electron chi connectivity index (χ1n) is 5.63. The number of aryl methyl sites for hydroxylation is 1. The minimum Gasteiger partial charge on any atom is -0.398 e. The number of rotatable bonds is 3. The molecule has 0 unspecified atom stereocenters. The fourth-order valence-electron chi connectivity index (χ4n) is 1.68. The van der Waals surface area contributed by atoms with E-state index in [2.05, 4.69) is 20.7 Å². The first kappa shape index (κ1) is 14.8. The molecule has 0 heterocycles. The van der Waals surface area contributed by atoms with Gasteiger partial charge in [0.2, 0.25) is 0 Å². The van der Waals surface area contributed by atoms with Gasteiger partial charge in [0.05, 0.1) is 11.4 Å². The van der Waals surface area contributed by atoms with Gasteiger partial charge in [0.15, 0.2) is 0 Å². The molecule has 7 heteroatoms. The van der Waals surface area contributed by atoms with Crippen LogP contribution in [0.5, 0.6) is 0 Å². The Labute approximate surface area is 125 Å². The number of nitrogens with one attached hydrogen (secondary N) is 1. The summed E-state index contributed by atoms with van der Waals surface area (Å²) in [6.07, 6.45) is 0. The number of halogens is 2. The van der Waals surface area contributed by atoms with Gasteiger partial charge in [0.25, 0.3) is 10.0 Å². The van der Waals surface area contributed by atoms with Crippen molar-refractivity contribution in [3.63, 3.8) is 0 Å². The van der Waals surface area contributed by atoms with Crippen LogP contribution >= 0.6 is 15.9 Å². The normalized spacial score (nSPS) is 11.3. The zero-order valence-corrected chi connectivity index (χ0v) is 12.9. The van der Waals surface area contributed by atoms with Crippen LogP contribution in [0.15, 0.2) is 45.8 Å². The van der Waals surface area contributed by atoms with Crippen LogP contribution in [0.4, 0.5) is 15.8 Å². The van der Waals surface area contributed by atoms with Gasteiger partial charge >= 0.3 is 0 Å². The molecule has 0 atom stereocenters. The Hall–Kier alpha value is -1.60. The van der Waals surface area contributed by atoms with E-state index in [1.807, 2.05) is 0 Å². The Morgan fingerprint density at radius 1 is 1.20 bits per heavy atom. The third-order valence-electron chi connectivity index (χ3n) is 2.63. The van der Waals surface area contributed by atoms with E-state index in [0.29, 0.717) is 4.47 Å². The second-order valence-electron chi connectivity index (χ2n) is 4.27. The number of hydrogen-bond acceptors (Lipinski definition) is 3. The van der Waals surface area contributed by atoms with E-state index in [9.17, 15) is 12.8 Å². The Kier molecular flexibility index (Phi) is 4.01. The van der Waals surface area contributed by atoms with Gasteiger partial charge in [-0.3, -0.25) is 4.72 Å². The highest BCUT2D eigenvalue weighted by Crippen LogP contribution is 2.25. The summed E-state index contributed by atoms with van der Waals surface area (Å²) in [5.41, 5.74) is 6.54. The summed E-state index contributed by atoms with van der Waals surface area (Å²) >= 11 is 3.10. The molecule has 4 nitrogen and oxygen atoms in total. The first-order valence-corrected chi connectivity index (χ1v) is 7.91. The zero-order valence-electron chi connectivity index (χ0n) is 10.5. The maximum absolute atomic E-state index is 13.7. The summed E-state index contributed by atoms with van der Waals surface area (Å²) in [7, 11) is -3.93. The lowest BCUT2D eigenvalue weighted by Gasteiger charge is -2.11. The molecule has 2 aromatic carbocycles. The highest BCUT2D eigenvalue weighted by Gasteiger charge is 2.19. The molecule has 0 bridgehead atoms. The number of anilines is 2. The molecule has 0 saturated carbocycles. The Morgan fingerprint density at radius 3 is 2.50 bits per heavy atom. The minimum atomic E-state index is -3.93. The standard InChI is InChI=1S/C13H12BrFN2O2S/c1-8-2-5-13(11(16)6-8)20(18,19)17-12-4-3-9(14)7-10(12)15/h2-7,17H,16H2,1H3. The lowest BCUT2D eigenvalue weighted by molar-refractivity contribution is 0.599. The van der Waals surface area contributed by atoms with Crippen molar-refractivity contribution in [2.75, 3.05) is 10.5 Å². The predicted molar refractivity (Wildman–Crippen MR) is 80.5 cm³/mol. The second kappa shape index (κ2) is 5.41. The summed E-state index contributed by atoms with van der Waals surface area (Å²) in [5.74, 6) is -0.673. The maximum Gasteiger partial charge on any atom is 0.264 e. The van der Waals surface area contributed by atoms with Crippen molar-refractivity contribution in [3.8, 4) is 0 Å². The average molecular weight is 359 g/mol. The van der Waals surface area contributed by atoms with Crippen molar-refractivity contribution in [1.82, 2.24) is 0 Å². The zero-order chi connectivity index (χ0) is 14.9. The van der Waals surface area contributed by atoms with Gasteiger partial charge in [-0.2, -0.15) is 0 Å². The molecule has 2 aromatic rings. The van der Waals surface area contributed by atoms with Gasteiger partial charge in [0.1, 0.15) is 10.7 Å². The monoisotopic (exact) mass is 358 g/mol. The number of benzene rings is 2. The van der Waals surface area contributed by atoms with Gasteiger partial charge in [-0.25, -0.2) is 12.8 Å². The van der Waals surface area contributed by atoms with E-state index in [0.717, 1.165) is 5.56 Å². The Balaban J connectivity index is 2.41. The summed E-state index contributed by atoms with van der Waals surface area (Å²) in [5, 5.41) is 0. The molecular weight excluding hydrogens is 347 g/mol. The van der Waals surface area contributed by atoms with Crippen molar-refractivity contribution in [1.29, 1.82) is 0 Å². The molecule has 0 saturated heterocycles. The van der Waals surface area contributed by atoms with E-state index in [1.165, 1.54) is 18.2 Å². The molecule has 20 heavy (non-hydrogen) atoms. The Bertz CT molecular complexity index is 763. The molecule has 2 rings (SSSR count). The highest BCUT2D eigenvalue weighted by atomic mass is 79.9. The number of nitrogen functional groups attached to an aromatic ring is 1. The van der Waals surface area contributed by atoms with Crippen LogP contribution in [-0.4, -0.2) is 8.42 Å². The van der Waals surface area contributed by atoms with Crippen molar-refractivity contribution in [2.24, 2.45) is 0 Å². The average Bonchev–Trinajstić information content (AvgIpc) is 2.32. The molecular formula is C13H12BrFN2O2S. The minimum absolute atomic E-state index is 0.0783. The molecule has 106 valence electrons. The van der Waals surface area contributed by atoms with Crippen molar-refractivity contribution >= 4 is 37.3 Å². The summed E-state index contributed by atoms with van der Waals surface area (Å²) in [4.78, 5) is -0.0783. The van der Waals surface area contributed by atoms with Gasteiger partial charge < -0.3 is 5.73 Å². The third kappa shape index (κ3) is 3.10. The summed E-state index contributed by atoms with van der Waals surface area (Å²) in [6, 6.07) is 8.62. The largest absolute Gasteiger partial charge is 0.398 e. The Morgan fingerprint density at radius 2 is 1.90 bits per heavy atom. The van der Waals surface area contributed by atoms with Gasteiger partial charge in [-0.1, -0.05) is 22.0 Å². The lowest BCUT2D eigenvalue weighted by atomic mass is 10.2. The van der Waals surface area contributed by atoms with Gasteiger partial charge in [0, 0.05) is 4.47 Å². The van der Waals surface area contributed by atoms with Crippen molar-refractivity contribution < 1.29 is 12.8 Å². The molecule has 0 aliphatic carbocycles. The van der Waals surface area contributed by atoms with Crippen molar-refractivity contribution in [2.45, 2.75) is 11.8 Å². The summed E-state index contributed by atoms with van der Waals surface area (Å²) in [6.45, 7) is 1.80. The molecule has 0 spiro atoms. The van der Waals surface area contributed by atoms with Gasteiger partial charge in [-0.05, 0) is 42.8 Å². The molecule has 0 amide bonds. The maximum atomic E-state index is 13.7. The molecule has 0 radical (unpaired) electrons. The second-order valence-corrected chi connectivity index (χ2v) is 6.84. The van der Waals surface area contributed by atoms with Crippen LogP contribution in [0.2, 0.25) is 0 Å². The molecule has 0 fully saturated rings. The van der Waals surface area contributed by atoms with Crippen LogP contribution in [-0.2, 0) is 10.0 Å². The fourth-order valence-corrected chi connectivity index (χ4v) is 3.20. The van der Waals surface area contributed by atoms with E-state index in [1.54, 1.807) is 25.1 Å². The smallest absolute Gasteiger partial charge is 0.264 e. The quantitative estimate of drug-likeness (QED) is 0.827. The van der Waals surface area contributed by atoms with Crippen LogP contribution in [0, 0.1) is 12.7 Å². The number of sulfonamides is 1. The topological polar surface area (TPSA) is 72.2 Å². The third-order valence-corrected chi connectivity index (χ3v) is 4.56. The molecule has 0 aliphatic heterocycles. The van der Waals surface area contributed by atoms with Crippen LogP contribution in [0.3, 0.4) is 0 Å². The van der Waals surface area contributed by atoms with Crippen LogP contribution in [0.25, 0.3) is 0 Å². The van der Waals surface area contributed by atoms with Gasteiger partial charge in [-0.15, -0.1) is 0 Å². The van der Waals surface area contributed by atoms with Crippen molar-refractivity contribution in [3.05, 3.63) is 52.3 Å².